The highest BCUT2D eigenvalue weighted by Gasteiger charge is 2.54. The minimum Gasteiger partial charge on any atom is -0.299 e. The van der Waals surface area contributed by atoms with Crippen LogP contribution in [0.2, 0.25) is 0 Å². The van der Waals surface area contributed by atoms with Gasteiger partial charge in [-0.05, 0) is 50.8 Å². The molecule has 0 aliphatic carbocycles. The second kappa shape index (κ2) is 7.32. The monoisotopic (exact) mass is 332 g/mol. The summed E-state index contributed by atoms with van der Waals surface area (Å²) in [4.78, 5) is 23.3. The Morgan fingerprint density at radius 3 is 2.38 bits per heavy atom. The van der Waals surface area contributed by atoms with Crippen molar-refractivity contribution in [3.8, 4) is 0 Å². The van der Waals surface area contributed by atoms with Gasteiger partial charge in [0, 0.05) is 24.7 Å². The van der Waals surface area contributed by atoms with Crippen molar-refractivity contribution in [1.29, 1.82) is 0 Å². The van der Waals surface area contributed by atoms with E-state index in [1.54, 1.807) is 0 Å². The van der Waals surface area contributed by atoms with Gasteiger partial charge < -0.3 is 0 Å². The summed E-state index contributed by atoms with van der Waals surface area (Å²) in [6, 6.07) is 4.03. The largest absolute Gasteiger partial charge is 0.299 e. The molecule has 4 heteroatoms. The summed E-state index contributed by atoms with van der Waals surface area (Å²) < 4.78 is 0. The third-order valence-electron chi connectivity index (χ3n) is 6.08. The lowest BCUT2D eigenvalue weighted by atomic mass is 9.70. The van der Waals surface area contributed by atoms with Gasteiger partial charge in [-0.2, -0.15) is 5.06 Å². The first-order chi connectivity index (χ1) is 11.3. The van der Waals surface area contributed by atoms with Gasteiger partial charge in [-0.3, -0.25) is 14.6 Å². The Hall–Kier alpha value is -1.26. The van der Waals surface area contributed by atoms with Crippen LogP contribution in [0.4, 0.5) is 0 Å². The van der Waals surface area contributed by atoms with Crippen molar-refractivity contribution < 1.29 is 9.63 Å². The molecule has 0 aromatic carbocycles. The molecule has 1 fully saturated rings. The van der Waals surface area contributed by atoms with E-state index in [0.717, 1.165) is 24.8 Å². The molecule has 0 bridgehead atoms. The molecule has 0 saturated carbocycles. The van der Waals surface area contributed by atoms with Crippen molar-refractivity contribution >= 4 is 5.78 Å². The molecule has 4 unspecified atom stereocenters. The van der Waals surface area contributed by atoms with E-state index in [-0.39, 0.29) is 23.1 Å². The number of carbonyl (C=O) groups excluding carboxylic acids is 1. The van der Waals surface area contributed by atoms with Crippen LogP contribution in [0.25, 0.3) is 0 Å². The van der Waals surface area contributed by atoms with Gasteiger partial charge in [-0.1, -0.05) is 27.7 Å². The molecule has 1 aliphatic rings. The Balaban J connectivity index is 2.40. The fourth-order valence-corrected chi connectivity index (χ4v) is 3.78. The maximum Gasteiger partial charge on any atom is 0.139 e. The van der Waals surface area contributed by atoms with Gasteiger partial charge in [0.2, 0.25) is 0 Å². The van der Waals surface area contributed by atoms with Gasteiger partial charge in [0.1, 0.15) is 11.9 Å². The van der Waals surface area contributed by atoms with Crippen molar-refractivity contribution in [1.82, 2.24) is 10.0 Å². The van der Waals surface area contributed by atoms with Gasteiger partial charge in [0.05, 0.1) is 11.1 Å². The Labute approximate surface area is 146 Å². The fourth-order valence-electron chi connectivity index (χ4n) is 3.78. The smallest absolute Gasteiger partial charge is 0.139 e. The average Bonchev–Trinajstić information content (AvgIpc) is 2.60. The summed E-state index contributed by atoms with van der Waals surface area (Å²) in [6.07, 6.45) is 6.78. The standard InChI is InChI=1S/C20H32N2O2/c1-7-18(16-10-12-21-13-11-16)24-22-19(5,8-2)14-17(23)15(4)20(22,6)9-3/h10-13,15,18H,7-9,14H2,1-6H3. The molecule has 1 aromatic rings. The van der Waals surface area contributed by atoms with E-state index in [1.165, 1.54) is 0 Å². The molecular formula is C20H32N2O2. The summed E-state index contributed by atoms with van der Waals surface area (Å²) in [6.45, 7) is 12.8. The number of hydroxylamine groups is 2. The van der Waals surface area contributed by atoms with Gasteiger partial charge in [0.15, 0.2) is 0 Å². The molecule has 0 radical (unpaired) electrons. The first-order valence-corrected chi connectivity index (χ1v) is 9.22. The minimum atomic E-state index is -0.291. The number of aromatic nitrogens is 1. The van der Waals surface area contributed by atoms with Gasteiger partial charge in [0.25, 0.3) is 0 Å². The summed E-state index contributed by atoms with van der Waals surface area (Å²) in [5, 5.41) is 2.17. The number of ketones is 1. The van der Waals surface area contributed by atoms with Crippen LogP contribution in [-0.2, 0) is 9.63 Å². The van der Waals surface area contributed by atoms with Crippen LogP contribution >= 0.6 is 0 Å². The lowest BCUT2D eigenvalue weighted by Crippen LogP contribution is -2.66. The van der Waals surface area contributed by atoms with Crippen LogP contribution < -0.4 is 0 Å². The molecule has 1 aromatic heterocycles. The highest BCUT2D eigenvalue weighted by atomic mass is 16.7. The number of piperidine rings is 1. The molecule has 134 valence electrons. The van der Waals surface area contributed by atoms with Crippen molar-refractivity contribution in [2.45, 2.75) is 84.4 Å². The van der Waals surface area contributed by atoms with Crippen molar-refractivity contribution in [3.05, 3.63) is 30.1 Å². The van der Waals surface area contributed by atoms with E-state index < -0.39 is 0 Å². The van der Waals surface area contributed by atoms with Crippen LogP contribution in [-0.4, -0.2) is 26.9 Å². The highest BCUT2D eigenvalue weighted by Crippen LogP contribution is 2.45. The molecule has 0 spiro atoms. The molecule has 4 atom stereocenters. The summed E-state index contributed by atoms with van der Waals surface area (Å²) in [5.41, 5.74) is 0.573. The van der Waals surface area contributed by atoms with E-state index in [2.05, 4.69) is 44.7 Å². The number of hydrogen-bond acceptors (Lipinski definition) is 4. The lowest BCUT2D eigenvalue weighted by molar-refractivity contribution is -0.319. The van der Waals surface area contributed by atoms with E-state index in [0.29, 0.717) is 12.2 Å². The van der Waals surface area contributed by atoms with Gasteiger partial charge in [-0.25, -0.2) is 0 Å². The number of rotatable bonds is 6. The number of Topliss-reactive ketones (excluding diaryl/α,β-unsaturated/α-hetero) is 1. The topological polar surface area (TPSA) is 42.4 Å². The Morgan fingerprint density at radius 2 is 1.88 bits per heavy atom. The number of nitrogens with zero attached hydrogens (tertiary/aromatic N) is 2. The van der Waals surface area contributed by atoms with Crippen molar-refractivity contribution in [2.24, 2.45) is 5.92 Å². The summed E-state index contributed by atoms with van der Waals surface area (Å²) >= 11 is 0. The van der Waals surface area contributed by atoms with Gasteiger partial charge >= 0.3 is 0 Å². The maximum atomic E-state index is 12.6. The molecule has 4 nitrogen and oxygen atoms in total. The number of hydrogen-bond donors (Lipinski definition) is 0. The zero-order valence-electron chi connectivity index (χ0n) is 16.0. The Bertz CT molecular complexity index is 562. The van der Waals surface area contributed by atoms with Crippen LogP contribution in [0.1, 0.15) is 78.9 Å². The van der Waals surface area contributed by atoms with E-state index in [1.807, 2.05) is 31.5 Å². The van der Waals surface area contributed by atoms with E-state index in [4.69, 9.17) is 4.84 Å². The quantitative estimate of drug-likeness (QED) is 0.756. The predicted octanol–water partition coefficient (Wildman–Crippen LogP) is 4.71. The first-order valence-electron chi connectivity index (χ1n) is 9.22. The molecule has 24 heavy (non-hydrogen) atoms. The second-order valence-corrected chi connectivity index (χ2v) is 7.50. The third kappa shape index (κ3) is 3.27. The van der Waals surface area contributed by atoms with Crippen molar-refractivity contribution in [2.75, 3.05) is 0 Å². The highest BCUT2D eigenvalue weighted by molar-refractivity contribution is 5.84. The van der Waals surface area contributed by atoms with Crippen LogP contribution in [0, 0.1) is 5.92 Å². The lowest BCUT2D eigenvalue weighted by Gasteiger charge is -2.56. The zero-order valence-corrected chi connectivity index (χ0v) is 16.0. The summed E-state index contributed by atoms with van der Waals surface area (Å²) in [7, 11) is 0. The Kier molecular flexibility index (Phi) is 5.82. The predicted molar refractivity (Wildman–Crippen MR) is 96.4 cm³/mol. The normalized spacial score (nSPS) is 32.8. The van der Waals surface area contributed by atoms with Crippen LogP contribution in [0.15, 0.2) is 24.5 Å². The molecule has 0 N–H and O–H groups in total. The fraction of sp³-hybridized carbons (Fsp3) is 0.700. The summed E-state index contributed by atoms with van der Waals surface area (Å²) in [5.74, 6) is 0.317. The molecule has 2 heterocycles. The van der Waals surface area contributed by atoms with E-state index in [9.17, 15) is 4.79 Å². The molecule has 1 aliphatic heterocycles. The molecular weight excluding hydrogens is 300 g/mol. The van der Waals surface area contributed by atoms with Crippen LogP contribution in [0.3, 0.4) is 0 Å². The van der Waals surface area contributed by atoms with Gasteiger partial charge in [-0.15, -0.1) is 0 Å². The van der Waals surface area contributed by atoms with E-state index >= 15 is 0 Å². The molecule has 0 amide bonds. The second-order valence-electron chi connectivity index (χ2n) is 7.50. The van der Waals surface area contributed by atoms with Crippen molar-refractivity contribution in [3.63, 3.8) is 0 Å². The molecule has 2 rings (SSSR count). The number of pyridine rings is 1. The third-order valence-corrected chi connectivity index (χ3v) is 6.08. The zero-order chi connectivity index (χ0) is 18.0. The number of carbonyl (C=O) groups is 1. The van der Waals surface area contributed by atoms with Crippen LogP contribution in [0.5, 0.6) is 0 Å². The molecule has 1 saturated heterocycles. The first kappa shape index (κ1) is 19.1. The maximum absolute atomic E-state index is 12.6. The average molecular weight is 332 g/mol. The SMILES string of the molecule is CCC(ON1C(C)(CC)CC(=O)C(C)C1(C)CC)c1ccncc1. The Morgan fingerprint density at radius 1 is 1.25 bits per heavy atom. The minimum absolute atomic E-state index is 0.0230.